The molecule has 0 bridgehead atoms. The number of benzene rings is 2. The van der Waals surface area contributed by atoms with Gasteiger partial charge in [-0.3, -0.25) is 10.3 Å². The lowest BCUT2D eigenvalue weighted by Gasteiger charge is -2.31. The number of anilines is 2. The predicted octanol–water partition coefficient (Wildman–Crippen LogP) is 5.17. The summed E-state index contributed by atoms with van der Waals surface area (Å²) in [5.74, 6) is 0.0838. The van der Waals surface area contributed by atoms with Crippen molar-refractivity contribution in [1.82, 2.24) is 0 Å². The molecule has 1 fully saturated rings. The Morgan fingerprint density at radius 3 is 2.31 bits per heavy atom. The summed E-state index contributed by atoms with van der Waals surface area (Å²) in [6.45, 7) is 11.9. The zero-order valence-electron chi connectivity index (χ0n) is 14.9. The van der Waals surface area contributed by atoms with E-state index < -0.39 is 12.2 Å². The zero-order valence-corrected chi connectivity index (χ0v) is 15.7. The summed E-state index contributed by atoms with van der Waals surface area (Å²) >= 11 is 5.64. The van der Waals surface area contributed by atoms with Crippen molar-refractivity contribution in [3.8, 4) is 0 Å². The minimum Gasteiger partial charge on any atom is -0.302 e. The Hall–Kier alpha value is -2.78. The van der Waals surface area contributed by atoms with Gasteiger partial charge in [0.05, 0.1) is 6.57 Å². The number of halogens is 1. The van der Waals surface area contributed by atoms with E-state index in [2.05, 4.69) is 4.85 Å². The fourth-order valence-corrected chi connectivity index (χ4v) is 3.61. The van der Waals surface area contributed by atoms with Gasteiger partial charge in [-0.1, -0.05) is 23.8 Å². The van der Waals surface area contributed by atoms with E-state index >= 15 is 0 Å². The fourth-order valence-electron chi connectivity index (χ4n) is 3.11. The van der Waals surface area contributed by atoms with Crippen LogP contribution in [0.1, 0.15) is 18.1 Å². The molecule has 0 aromatic heterocycles. The van der Waals surface area contributed by atoms with Gasteiger partial charge in [-0.05, 0) is 62.8 Å². The molecule has 1 saturated heterocycles. The first-order chi connectivity index (χ1) is 12.3. The molecule has 0 spiro atoms. The number of amidine groups is 1. The number of nitrogens with zero attached hydrogens (tertiary/aromatic N) is 3. The van der Waals surface area contributed by atoms with Gasteiger partial charge in [0.15, 0.2) is 10.8 Å². The molecule has 1 atom stereocenters. The topological polar surface area (TPSA) is 34.7 Å². The van der Waals surface area contributed by atoms with Crippen LogP contribution in [-0.4, -0.2) is 23.2 Å². The molecule has 6 heteroatoms. The Kier molecular flexibility index (Phi) is 4.51. The van der Waals surface area contributed by atoms with Crippen LogP contribution in [0, 0.1) is 25.8 Å². The molecular weight excluding hydrogens is 347 g/mol. The van der Waals surface area contributed by atoms with E-state index in [9.17, 15) is 4.39 Å². The summed E-state index contributed by atoms with van der Waals surface area (Å²) in [4.78, 5) is 6.74. The number of nitrogens with one attached hydrogen (secondary N) is 1. The molecule has 1 aliphatic rings. The largest absolute Gasteiger partial charge is 0.302 e. The van der Waals surface area contributed by atoms with Crippen LogP contribution in [0.15, 0.2) is 42.5 Å². The van der Waals surface area contributed by atoms with Crippen molar-refractivity contribution < 1.29 is 4.39 Å². The monoisotopic (exact) mass is 366 g/mol. The lowest BCUT2D eigenvalue weighted by molar-refractivity contribution is 0.404. The van der Waals surface area contributed by atoms with E-state index in [1.165, 1.54) is 0 Å². The van der Waals surface area contributed by atoms with Crippen LogP contribution in [0.4, 0.5) is 21.5 Å². The van der Waals surface area contributed by atoms with E-state index in [4.69, 9.17) is 24.2 Å². The van der Waals surface area contributed by atoms with Gasteiger partial charge in [0.1, 0.15) is 18.0 Å². The number of hydrogen-bond acceptors (Lipinski definition) is 2. The van der Waals surface area contributed by atoms with Crippen molar-refractivity contribution in [3.05, 3.63) is 65.0 Å². The van der Waals surface area contributed by atoms with Crippen LogP contribution in [-0.2, 0) is 0 Å². The number of rotatable bonds is 3. The number of aryl methyl sites for hydroxylation is 2. The lowest BCUT2D eigenvalue weighted by Crippen LogP contribution is -2.49. The highest BCUT2D eigenvalue weighted by Gasteiger charge is 2.50. The summed E-state index contributed by atoms with van der Waals surface area (Å²) < 4.78 is 14.1. The SMILES string of the molecule is [C-]#[N+]c1ccc(N2C(=N)C(C)(CF)N(c3ccc(C)cc3)C2=S)cc1C. The van der Waals surface area contributed by atoms with Crippen molar-refractivity contribution in [1.29, 1.82) is 5.41 Å². The van der Waals surface area contributed by atoms with Crippen LogP contribution in [0.5, 0.6) is 0 Å². The minimum atomic E-state index is -1.18. The summed E-state index contributed by atoms with van der Waals surface area (Å²) in [7, 11) is 0. The van der Waals surface area contributed by atoms with Crippen molar-refractivity contribution >= 4 is 40.2 Å². The van der Waals surface area contributed by atoms with Gasteiger partial charge in [-0.2, -0.15) is 0 Å². The first kappa shape index (κ1) is 18.0. The van der Waals surface area contributed by atoms with E-state index in [1.54, 1.807) is 28.9 Å². The third-order valence-electron chi connectivity index (χ3n) is 4.72. The summed E-state index contributed by atoms with van der Waals surface area (Å²) in [6, 6.07) is 12.9. The van der Waals surface area contributed by atoms with Crippen LogP contribution in [0.25, 0.3) is 4.85 Å². The lowest BCUT2D eigenvalue weighted by atomic mass is 10.0. The van der Waals surface area contributed by atoms with E-state index in [0.29, 0.717) is 16.5 Å². The summed E-state index contributed by atoms with van der Waals surface area (Å²) in [6.07, 6.45) is 0. The normalized spacial score (nSPS) is 19.8. The molecule has 0 aliphatic carbocycles. The maximum Gasteiger partial charge on any atom is 0.190 e. The molecule has 0 saturated carbocycles. The number of hydrogen-bond donors (Lipinski definition) is 1. The molecule has 1 aliphatic heterocycles. The van der Waals surface area contributed by atoms with Crippen molar-refractivity contribution in [2.75, 3.05) is 16.5 Å². The van der Waals surface area contributed by atoms with Gasteiger partial charge < -0.3 is 4.90 Å². The smallest absolute Gasteiger partial charge is 0.190 e. The van der Waals surface area contributed by atoms with Gasteiger partial charge in [0, 0.05) is 11.4 Å². The van der Waals surface area contributed by atoms with Crippen LogP contribution < -0.4 is 9.80 Å². The molecule has 2 aromatic rings. The minimum absolute atomic E-state index is 0.0838. The molecule has 0 radical (unpaired) electrons. The van der Waals surface area contributed by atoms with Gasteiger partial charge >= 0.3 is 0 Å². The van der Waals surface area contributed by atoms with Crippen LogP contribution in [0.2, 0.25) is 0 Å². The second-order valence-corrected chi connectivity index (χ2v) is 6.99. The summed E-state index contributed by atoms with van der Waals surface area (Å²) in [5.41, 5.74) is 2.68. The highest BCUT2D eigenvalue weighted by Crippen LogP contribution is 2.38. The highest BCUT2D eigenvalue weighted by atomic mass is 32.1. The van der Waals surface area contributed by atoms with E-state index in [-0.39, 0.29) is 5.84 Å². The van der Waals surface area contributed by atoms with Gasteiger partial charge in [-0.25, -0.2) is 9.24 Å². The molecule has 3 rings (SSSR count). The molecule has 26 heavy (non-hydrogen) atoms. The second kappa shape index (κ2) is 6.50. The standard InChI is InChI=1S/C20H19FN4S/c1-13-5-7-15(8-6-13)25-19(26)24(18(22)20(25,3)12-21)16-9-10-17(23-4)14(2)11-16/h5-11,22H,12H2,1-3H3. The molecule has 1 N–H and O–H groups in total. The maximum atomic E-state index is 14.1. The fraction of sp³-hybridized carbons (Fsp3) is 0.250. The number of alkyl halides is 1. The Morgan fingerprint density at radius 2 is 1.77 bits per heavy atom. The first-order valence-corrected chi connectivity index (χ1v) is 8.58. The highest BCUT2D eigenvalue weighted by molar-refractivity contribution is 7.81. The third kappa shape index (κ3) is 2.65. The molecule has 4 nitrogen and oxygen atoms in total. The molecule has 1 heterocycles. The van der Waals surface area contributed by atoms with Crippen LogP contribution >= 0.6 is 12.2 Å². The molecular formula is C20H19FN4S. The molecule has 0 amide bonds. The second-order valence-electron chi connectivity index (χ2n) is 6.63. The van der Waals surface area contributed by atoms with Crippen LogP contribution in [0.3, 0.4) is 0 Å². The number of thiocarbonyl (C=S) groups is 1. The quantitative estimate of drug-likeness (QED) is 0.601. The average molecular weight is 366 g/mol. The van der Waals surface area contributed by atoms with E-state index in [1.807, 2.05) is 44.2 Å². The Bertz CT molecular complexity index is 932. The maximum absolute atomic E-state index is 14.1. The Morgan fingerprint density at radius 1 is 1.15 bits per heavy atom. The first-order valence-electron chi connectivity index (χ1n) is 8.17. The van der Waals surface area contributed by atoms with Crippen molar-refractivity contribution in [2.24, 2.45) is 0 Å². The molecule has 2 aromatic carbocycles. The van der Waals surface area contributed by atoms with Crippen molar-refractivity contribution in [2.45, 2.75) is 26.3 Å². The summed E-state index contributed by atoms with van der Waals surface area (Å²) in [5, 5.41) is 8.97. The molecule has 1 unspecified atom stereocenters. The van der Waals surface area contributed by atoms with Gasteiger partial charge in [0.25, 0.3) is 0 Å². The Labute approximate surface area is 158 Å². The zero-order chi connectivity index (χ0) is 19.1. The van der Waals surface area contributed by atoms with E-state index in [0.717, 1.165) is 16.8 Å². The third-order valence-corrected chi connectivity index (χ3v) is 5.09. The predicted molar refractivity (Wildman–Crippen MR) is 108 cm³/mol. The van der Waals surface area contributed by atoms with Gasteiger partial charge in [-0.15, -0.1) is 0 Å². The van der Waals surface area contributed by atoms with Crippen molar-refractivity contribution in [3.63, 3.8) is 0 Å². The average Bonchev–Trinajstić information content (AvgIpc) is 2.82. The molecule has 132 valence electrons. The van der Waals surface area contributed by atoms with Gasteiger partial charge in [0.2, 0.25) is 0 Å². The Balaban J connectivity index is 2.10.